The van der Waals surface area contributed by atoms with Crippen LogP contribution in [0.4, 0.5) is 5.69 Å². The first-order chi connectivity index (χ1) is 8.69. The van der Waals surface area contributed by atoms with Gasteiger partial charge in [-0.2, -0.15) is 0 Å². The van der Waals surface area contributed by atoms with Crippen molar-refractivity contribution < 1.29 is 9.84 Å². The highest BCUT2D eigenvalue weighted by Gasteiger charge is 2.19. The lowest BCUT2D eigenvalue weighted by Crippen LogP contribution is -2.36. The summed E-state index contributed by atoms with van der Waals surface area (Å²) in [5, 5.41) is 9.41. The van der Waals surface area contributed by atoms with Gasteiger partial charge in [-0.3, -0.25) is 4.90 Å². The van der Waals surface area contributed by atoms with Gasteiger partial charge in [0.15, 0.2) is 0 Å². The van der Waals surface area contributed by atoms with Crippen molar-refractivity contribution in [2.45, 2.75) is 19.4 Å². The van der Waals surface area contributed by atoms with Crippen molar-refractivity contribution in [1.82, 2.24) is 4.90 Å². The van der Waals surface area contributed by atoms with E-state index in [1.165, 1.54) is 12.8 Å². The molecule has 2 rings (SSSR count). The predicted molar refractivity (Wildman–Crippen MR) is 72.4 cm³/mol. The van der Waals surface area contributed by atoms with Gasteiger partial charge in [-0.05, 0) is 43.0 Å². The molecule has 4 nitrogen and oxygen atoms in total. The summed E-state index contributed by atoms with van der Waals surface area (Å²) in [5.74, 6) is 0.799. The lowest BCUT2D eigenvalue weighted by Gasteiger charge is -2.32. The Morgan fingerprint density at radius 3 is 3.06 bits per heavy atom. The van der Waals surface area contributed by atoms with Crippen LogP contribution in [0.3, 0.4) is 0 Å². The second kappa shape index (κ2) is 6.07. The van der Waals surface area contributed by atoms with Gasteiger partial charge in [0.25, 0.3) is 0 Å². The number of phenolic OH excluding ortho intramolecular Hbond substituents is 1. The zero-order chi connectivity index (χ0) is 13.0. The van der Waals surface area contributed by atoms with Crippen molar-refractivity contribution in [2.24, 2.45) is 5.92 Å². The fraction of sp³-hybridized carbons (Fsp3) is 0.571. The Balaban J connectivity index is 1.93. The molecule has 1 atom stereocenters. The van der Waals surface area contributed by atoms with Crippen LogP contribution in [-0.2, 0) is 11.3 Å². The number of aromatic hydroxyl groups is 1. The number of nitrogen functional groups attached to an aromatic ring is 1. The normalized spacial score (nSPS) is 21.1. The Kier molecular flexibility index (Phi) is 4.44. The van der Waals surface area contributed by atoms with Crippen molar-refractivity contribution in [2.75, 3.05) is 32.5 Å². The van der Waals surface area contributed by atoms with E-state index in [-0.39, 0.29) is 5.75 Å². The lowest BCUT2D eigenvalue weighted by atomic mass is 9.98. The molecule has 1 aliphatic rings. The fourth-order valence-corrected chi connectivity index (χ4v) is 2.63. The number of methoxy groups -OCH3 is 1. The van der Waals surface area contributed by atoms with Crippen molar-refractivity contribution in [1.29, 1.82) is 0 Å². The van der Waals surface area contributed by atoms with E-state index in [2.05, 4.69) is 4.90 Å². The van der Waals surface area contributed by atoms with E-state index < -0.39 is 0 Å². The van der Waals surface area contributed by atoms with Crippen LogP contribution in [0, 0.1) is 5.92 Å². The average molecular weight is 250 g/mol. The number of hydrogen-bond acceptors (Lipinski definition) is 4. The number of benzene rings is 1. The van der Waals surface area contributed by atoms with Crippen LogP contribution in [0.1, 0.15) is 18.4 Å². The van der Waals surface area contributed by atoms with Crippen LogP contribution < -0.4 is 5.73 Å². The van der Waals surface area contributed by atoms with Crippen LogP contribution in [0.15, 0.2) is 18.2 Å². The number of hydrogen-bond donors (Lipinski definition) is 2. The van der Waals surface area contributed by atoms with Crippen LogP contribution in [-0.4, -0.2) is 36.8 Å². The minimum atomic E-state index is 0.162. The molecule has 1 unspecified atom stereocenters. The average Bonchev–Trinajstić information content (AvgIpc) is 2.35. The van der Waals surface area contributed by atoms with E-state index in [4.69, 9.17) is 10.5 Å². The Hall–Kier alpha value is -1.26. The molecule has 0 aliphatic carbocycles. The molecule has 1 heterocycles. The smallest absolute Gasteiger partial charge is 0.138 e. The van der Waals surface area contributed by atoms with Gasteiger partial charge in [0.2, 0.25) is 0 Å². The largest absolute Gasteiger partial charge is 0.506 e. The van der Waals surface area contributed by atoms with Gasteiger partial charge in [-0.15, -0.1) is 0 Å². The van der Waals surface area contributed by atoms with Crippen molar-refractivity contribution in [3.63, 3.8) is 0 Å². The highest BCUT2D eigenvalue weighted by Crippen LogP contribution is 2.23. The summed E-state index contributed by atoms with van der Waals surface area (Å²) in [4.78, 5) is 2.43. The van der Waals surface area contributed by atoms with Gasteiger partial charge < -0.3 is 15.6 Å². The number of rotatable bonds is 4. The number of ether oxygens (including phenoxy) is 1. The minimum Gasteiger partial charge on any atom is -0.506 e. The minimum absolute atomic E-state index is 0.162. The number of likely N-dealkylation sites (tertiary alicyclic amines) is 1. The first kappa shape index (κ1) is 13.2. The van der Waals surface area contributed by atoms with E-state index in [1.54, 1.807) is 13.2 Å². The molecule has 0 radical (unpaired) electrons. The molecule has 100 valence electrons. The molecule has 0 amide bonds. The zero-order valence-electron chi connectivity index (χ0n) is 10.9. The van der Waals surface area contributed by atoms with Crippen molar-refractivity contribution in [3.05, 3.63) is 23.8 Å². The Labute approximate surface area is 108 Å². The second-order valence-electron chi connectivity index (χ2n) is 5.09. The number of phenols is 1. The number of nitrogens with zero attached hydrogens (tertiary/aromatic N) is 1. The summed E-state index contributed by atoms with van der Waals surface area (Å²) in [6.45, 7) is 3.94. The van der Waals surface area contributed by atoms with Gasteiger partial charge in [0.05, 0.1) is 12.3 Å². The number of nitrogens with two attached hydrogens (primary N) is 1. The summed E-state index contributed by atoms with van der Waals surface area (Å²) in [5.41, 5.74) is 7.32. The molecular formula is C14H22N2O2. The summed E-state index contributed by atoms with van der Waals surface area (Å²) in [6, 6.07) is 5.46. The topological polar surface area (TPSA) is 58.7 Å². The summed E-state index contributed by atoms with van der Waals surface area (Å²) in [6.07, 6.45) is 2.48. The van der Waals surface area contributed by atoms with Crippen LogP contribution in [0.2, 0.25) is 0 Å². The first-order valence-electron chi connectivity index (χ1n) is 6.47. The monoisotopic (exact) mass is 250 g/mol. The third-order valence-electron chi connectivity index (χ3n) is 3.50. The van der Waals surface area contributed by atoms with Crippen LogP contribution in [0.5, 0.6) is 5.75 Å². The van der Waals surface area contributed by atoms with Gasteiger partial charge in [-0.1, -0.05) is 6.07 Å². The molecule has 1 fully saturated rings. The molecule has 1 aliphatic heterocycles. The van der Waals surface area contributed by atoms with Gasteiger partial charge in [0.1, 0.15) is 5.75 Å². The van der Waals surface area contributed by atoms with Crippen LogP contribution in [0.25, 0.3) is 0 Å². The molecule has 0 saturated carbocycles. The van der Waals surface area contributed by atoms with Crippen molar-refractivity contribution in [3.8, 4) is 5.75 Å². The Morgan fingerprint density at radius 1 is 1.50 bits per heavy atom. The standard InChI is InChI=1S/C14H22N2O2/c1-18-10-12-3-2-6-16(9-12)8-11-4-5-14(17)13(15)7-11/h4-5,7,12,17H,2-3,6,8-10,15H2,1H3. The maximum Gasteiger partial charge on any atom is 0.138 e. The summed E-state index contributed by atoms with van der Waals surface area (Å²) < 4.78 is 5.23. The van der Waals surface area contributed by atoms with E-state index >= 15 is 0 Å². The zero-order valence-corrected chi connectivity index (χ0v) is 10.9. The van der Waals surface area contributed by atoms with E-state index in [0.717, 1.165) is 31.8 Å². The molecular weight excluding hydrogens is 228 g/mol. The molecule has 1 saturated heterocycles. The molecule has 1 aromatic rings. The number of piperidine rings is 1. The molecule has 0 spiro atoms. The lowest BCUT2D eigenvalue weighted by molar-refractivity contribution is 0.0874. The Morgan fingerprint density at radius 2 is 2.33 bits per heavy atom. The van der Waals surface area contributed by atoms with E-state index in [9.17, 15) is 5.11 Å². The van der Waals surface area contributed by atoms with E-state index in [1.807, 2.05) is 12.1 Å². The summed E-state index contributed by atoms with van der Waals surface area (Å²) in [7, 11) is 1.76. The third kappa shape index (κ3) is 3.37. The first-order valence-corrected chi connectivity index (χ1v) is 6.47. The molecule has 3 N–H and O–H groups in total. The third-order valence-corrected chi connectivity index (χ3v) is 3.50. The molecule has 0 aromatic heterocycles. The van der Waals surface area contributed by atoms with Gasteiger partial charge in [0, 0.05) is 20.2 Å². The number of anilines is 1. The maximum absolute atomic E-state index is 9.41. The van der Waals surface area contributed by atoms with Gasteiger partial charge in [-0.25, -0.2) is 0 Å². The van der Waals surface area contributed by atoms with E-state index in [0.29, 0.717) is 11.6 Å². The van der Waals surface area contributed by atoms with Gasteiger partial charge >= 0.3 is 0 Å². The highest BCUT2D eigenvalue weighted by atomic mass is 16.5. The maximum atomic E-state index is 9.41. The molecule has 0 bridgehead atoms. The molecule has 1 aromatic carbocycles. The molecule has 4 heteroatoms. The fourth-order valence-electron chi connectivity index (χ4n) is 2.63. The van der Waals surface area contributed by atoms with Crippen LogP contribution >= 0.6 is 0 Å². The summed E-state index contributed by atoms with van der Waals surface area (Å²) >= 11 is 0. The van der Waals surface area contributed by atoms with Crippen molar-refractivity contribution >= 4 is 5.69 Å². The Bertz CT molecular complexity index is 393. The SMILES string of the molecule is COCC1CCCN(Cc2ccc(O)c(N)c2)C1. The highest BCUT2D eigenvalue weighted by molar-refractivity contribution is 5.53. The predicted octanol–water partition coefficient (Wildman–Crippen LogP) is 1.83. The molecule has 18 heavy (non-hydrogen) atoms. The quantitative estimate of drug-likeness (QED) is 0.632. The second-order valence-corrected chi connectivity index (χ2v) is 5.09.